The number of rotatable bonds is 3. The highest BCUT2D eigenvalue weighted by Gasteiger charge is 2.30. The molecule has 1 aromatic rings. The van der Waals surface area contributed by atoms with E-state index in [1.807, 2.05) is 0 Å². The number of aromatic nitrogens is 2. The lowest BCUT2D eigenvalue weighted by Crippen LogP contribution is -2.05. The molecule has 0 atom stereocenters. The molecule has 0 aliphatic heterocycles. The third-order valence-corrected chi connectivity index (χ3v) is 1.67. The van der Waals surface area contributed by atoms with Crippen LogP contribution in [0.25, 0.3) is 0 Å². The summed E-state index contributed by atoms with van der Waals surface area (Å²) in [5, 5.41) is 6.92. The van der Waals surface area contributed by atoms with E-state index in [0.717, 1.165) is 0 Å². The summed E-state index contributed by atoms with van der Waals surface area (Å²) >= 11 is -0.342. The molecule has 0 N–H and O–H groups in total. The fourth-order valence-electron chi connectivity index (χ4n) is 0.653. The minimum Gasteiger partial charge on any atom is -0.399 e. The number of hydrogen-bond donors (Lipinski definition) is 0. The van der Waals surface area contributed by atoms with Crippen molar-refractivity contribution in [2.24, 2.45) is 5.16 Å². The quantitative estimate of drug-likeness (QED) is 0.582. The number of alkyl halides is 3. The van der Waals surface area contributed by atoms with Crippen molar-refractivity contribution in [3.8, 4) is 0 Å². The van der Waals surface area contributed by atoms with Crippen LogP contribution >= 0.6 is 11.9 Å². The highest BCUT2D eigenvalue weighted by Crippen LogP contribution is 2.30. The Hall–Kier alpha value is -1.18. The molecule has 0 radical (unpaired) electrons. The SMILES string of the molecule is CON=Cc1ccn(SC(F)(F)F)n1. The van der Waals surface area contributed by atoms with E-state index in [1.165, 1.54) is 25.6 Å². The fourth-order valence-corrected chi connectivity index (χ4v) is 1.12. The first-order valence-electron chi connectivity index (χ1n) is 3.40. The summed E-state index contributed by atoms with van der Waals surface area (Å²) in [4.78, 5) is 4.35. The maximum Gasteiger partial charge on any atom is 0.463 e. The summed E-state index contributed by atoms with van der Waals surface area (Å²) in [6.45, 7) is 0. The van der Waals surface area contributed by atoms with Gasteiger partial charge in [0.2, 0.25) is 0 Å². The number of hydrogen-bond acceptors (Lipinski definition) is 4. The van der Waals surface area contributed by atoms with Crippen molar-refractivity contribution in [3.05, 3.63) is 18.0 Å². The van der Waals surface area contributed by atoms with Crippen LogP contribution in [0.1, 0.15) is 5.69 Å². The van der Waals surface area contributed by atoms with E-state index < -0.39 is 5.51 Å². The molecular weight excluding hydrogens is 219 g/mol. The maximum absolute atomic E-state index is 11.8. The second-order valence-corrected chi connectivity index (χ2v) is 3.12. The Kier molecular flexibility index (Phi) is 3.39. The molecule has 0 aliphatic carbocycles. The van der Waals surface area contributed by atoms with Gasteiger partial charge in [-0.2, -0.15) is 18.3 Å². The molecule has 0 fully saturated rings. The average molecular weight is 225 g/mol. The molecule has 78 valence electrons. The lowest BCUT2D eigenvalue weighted by atomic mass is 10.5. The zero-order chi connectivity index (χ0) is 10.6. The first-order valence-corrected chi connectivity index (χ1v) is 4.17. The molecule has 8 heteroatoms. The first kappa shape index (κ1) is 10.9. The van der Waals surface area contributed by atoms with Crippen molar-refractivity contribution in [1.82, 2.24) is 9.19 Å². The molecule has 4 nitrogen and oxygen atoms in total. The largest absolute Gasteiger partial charge is 0.463 e. The molecule has 0 aliphatic rings. The third kappa shape index (κ3) is 3.69. The highest BCUT2D eigenvalue weighted by molar-refractivity contribution is 7.98. The van der Waals surface area contributed by atoms with Gasteiger partial charge in [-0.25, -0.2) is 4.09 Å². The standard InChI is InChI=1S/C6H6F3N3OS/c1-13-10-4-5-2-3-12(11-5)14-6(7,8)9/h2-4H,1H3. The molecule has 0 aromatic carbocycles. The van der Waals surface area contributed by atoms with Gasteiger partial charge in [0.1, 0.15) is 12.8 Å². The number of oxime groups is 1. The Morgan fingerprint density at radius 1 is 1.64 bits per heavy atom. The molecule has 0 bridgehead atoms. The van der Waals surface area contributed by atoms with Crippen molar-refractivity contribution in [3.63, 3.8) is 0 Å². The van der Waals surface area contributed by atoms with Gasteiger partial charge < -0.3 is 4.84 Å². The van der Waals surface area contributed by atoms with E-state index in [2.05, 4.69) is 15.1 Å². The number of nitrogens with zero attached hydrogens (tertiary/aromatic N) is 3. The van der Waals surface area contributed by atoms with Crippen LogP contribution in [-0.2, 0) is 4.84 Å². The molecular formula is C6H6F3N3OS. The normalized spacial score (nSPS) is 12.3. The Labute approximate surface area is 81.9 Å². The minimum absolute atomic E-state index is 0.295. The van der Waals surface area contributed by atoms with Crippen molar-refractivity contribution in [1.29, 1.82) is 0 Å². The van der Waals surface area contributed by atoms with Gasteiger partial charge in [-0.3, -0.25) is 0 Å². The van der Waals surface area contributed by atoms with E-state index in [0.29, 0.717) is 9.78 Å². The molecule has 0 amide bonds. The van der Waals surface area contributed by atoms with Crippen LogP contribution in [0.15, 0.2) is 17.4 Å². The van der Waals surface area contributed by atoms with Gasteiger partial charge in [-0.05, 0) is 6.07 Å². The van der Waals surface area contributed by atoms with Gasteiger partial charge in [0.05, 0.1) is 18.2 Å². The molecule has 0 spiro atoms. The van der Waals surface area contributed by atoms with Crippen LogP contribution in [0.3, 0.4) is 0 Å². The van der Waals surface area contributed by atoms with E-state index in [-0.39, 0.29) is 11.9 Å². The molecule has 14 heavy (non-hydrogen) atoms. The van der Waals surface area contributed by atoms with E-state index in [9.17, 15) is 13.2 Å². The van der Waals surface area contributed by atoms with Gasteiger partial charge in [0.25, 0.3) is 0 Å². The molecule has 0 saturated carbocycles. The molecule has 1 aromatic heterocycles. The highest BCUT2D eigenvalue weighted by atomic mass is 32.2. The van der Waals surface area contributed by atoms with Gasteiger partial charge in [0, 0.05) is 6.20 Å². The molecule has 1 rings (SSSR count). The van der Waals surface area contributed by atoms with Crippen molar-refractivity contribution < 1.29 is 18.0 Å². The van der Waals surface area contributed by atoms with E-state index in [1.54, 1.807) is 0 Å². The lowest BCUT2D eigenvalue weighted by molar-refractivity contribution is -0.0336. The first-order chi connectivity index (χ1) is 6.51. The zero-order valence-electron chi connectivity index (χ0n) is 7.02. The summed E-state index contributed by atoms with van der Waals surface area (Å²) in [5.41, 5.74) is -4.05. The summed E-state index contributed by atoms with van der Waals surface area (Å²) < 4.78 is 36.2. The van der Waals surface area contributed by atoms with Crippen LogP contribution in [0.4, 0.5) is 13.2 Å². The monoisotopic (exact) mass is 225 g/mol. The van der Waals surface area contributed by atoms with Crippen molar-refractivity contribution in [2.75, 3.05) is 7.11 Å². The maximum atomic E-state index is 11.8. The van der Waals surface area contributed by atoms with Gasteiger partial charge in [-0.1, -0.05) is 5.16 Å². The number of halogens is 3. The Morgan fingerprint density at radius 3 is 2.93 bits per heavy atom. The van der Waals surface area contributed by atoms with Crippen molar-refractivity contribution >= 4 is 18.2 Å². The summed E-state index contributed by atoms with van der Waals surface area (Å²) in [6, 6.07) is 1.39. The minimum atomic E-state index is -4.35. The van der Waals surface area contributed by atoms with E-state index >= 15 is 0 Å². The summed E-state index contributed by atoms with van der Waals surface area (Å²) in [7, 11) is 1.33. The van der Waals surface area contributed by atoms with Crippen LogP contribution in [-0.4, -0.2) is 28.0 Å². The second kappa shape index (κ2) is 4.36. The zero-order valence-corrected chi connectivity index (χ0v) is 7.84. The Balaban J connectivity index is 2.64. The van der Waals surface area contributed by atoms with Crippen LogP contribution in [0.2, 0.25) is 0 Å². The summed E-state index contributed by atoms with van der Waals surface area (Å²) in [6.07, 6.45) is 2.41. The third-order valence-electron chi connectivity index (χ3n) is 1.07. The second-order valence-electron chi connectivity index (χ2n) is 2.10. The van der Waals surface area contributed by atoms with Crippen LogP contribution < -0.4 is 0 Å². The topological polar surface area (TPSA) is 39.4 Å². The average Bonchev–Trinajstić information content (AvgIpc) is 2.46. The molecule has 1 heterocycles. The Bertz CT molecular complexity index is 322. The van der Waals surface area contributed by atoms with Gasteiger partial charge in [-0.15, -0.1) is 0 Å². The molecule has 0 saturated heterocycles. The van der Waals surface area contributed by atoms with Gasteiger partial charge in [0.15, 0.2) is 0 Å². The Morgan fingerprint density at radius 2 is 2.36 bits per heavy atom. The van der Waals surface area contributed by atoms with E-state index in [4.69, 9.17) is 0 Å². The van der Waals surface area contributed by atoms with Gasteiger partial charge >= 0.3 is 5.51 Å². The summed E-state index contributed by atoms with van der Waals surface area (Å²) in [5.74, 6) is 0. The van der Waals surface area contributed by atoms with Crippen LogP contribution in [0.5, 0.6) is 0 Å². The fraction of sp³-hybridized carbons (Fsp3) is 0.333. The van der Waals surface area contributed by atoms with Crippen molar-refractivity contribution in [2.45, 2.75) is 5.51 Å². The predicted octanol–water partition coefficient (Wildman–Crippen LogP) is 1.88. The molecule has 0 unspecified atom stereocenters. The van der Waals surface area contributed by atoms with Crippen LogP contribution in [0, 0.1) is 0 Å². The lowest BCUT2D eigenvalue weighted by Gasteiger charge is -2.02. The predicted molar refractivity (Wildman–Crippen MR) is 45.9 cm³/mol. The smallest absolute Gasteiger partial charge is 0.399 e.